The normalized spacial score (nSPS) is 14.0. The van der Waals surface area contributed by atoms with Crippen LogP contribution in [0.4, 0.5) is 0 Å². The third-order valence-electron chi connectivity index (χ3n) is 5.12. The molecule has 0 aromatic heterocycles. The molecule has 0 saturated carbocycles. The lowest BCUT2D eigenvalue weighted by Gasteiger charge is -2.11. The fourth-order valence-corrected chi connectivity index (χ4v) is 4.89. The van der Waals surface area contributed by atoms with Crippen LogP contribution < -0.4 is 5.32 Å². The van der Waals surface area contributed by atoms with E-state index in [-0.39, 0.29) is 4.90 Å². The Kier molecular flexibility index (Phi) is 4.99. The summed E-state index contributed by atoms with van der Waals surface area (Å²) in [6.07, 6.45) is 1.76. The van der Waals surface area contributed by atoms with E-state index in [1.165, 1.54) is 5.56 Å². The van der Waals surface area contributed by atoms with Crippen LogP contribution in [0.15, 0.2) is 76.5 Å². The van der Waals surface area contributed by atoms with E-state index in [2.05, 4.69) is 11.4 Å². The van der Waals surface area contributed by atoms with Gasteiger partial charge in [-0.25, -0.2) is 8.42 Å². The third-order valence-corrected chi connectivity index (χ3v) is 6.87. The van der Waals surface area contributed by atoms with Crippen molar-refractivity contribution in [1.29, 1.82) is 5.26 Å². The van der Waals surface area contributed by atoms with Crippen molar-refractivity contribution in [3.05, 3.63) is 83.4 Å². The molecule has 1 aliphatic heterocycles. The van der Waals surface area contributed by atoms with E-state index < -0.39 is 9.84 Å². The minimum atomic E-state index is -3.60. The molecule has 0 aliphatic carbocycles. The van der Waals surface area contributed by atoms with Gasteiger partial charge in [-0.05, 0) is 84.6 Å². The lowest BCUT2D eigenvalue weighted by molar-refractivity contribution is 0.596. The molecule has 140 valence electrons. The second kappa shape index (κ2) is 7.59. The van der Waals surface area contributed by atoms with Crippen LogP contribution in [0.25, 0.3) is 11.1 Å². The Morgan fingerprint density at radius 3 is 2.25 bits per heavy atom. The number of rotatable bonds is 3. The first-order valence-corrected chi connectivity index (χ1v) is 10.7. The standard InChI is InChI=1S/C23H20N2O2S/c24-16-17-4-6-18(7-5-17)20-2-1-3-22(14-20)28(26,27)23-9-8-19-10-12-25-13-11-21(19)15-23/h1-9,14-15,25H,10-13H2. The number of hydrogen-bond donors (Lipinski definition) is 1. The molecule has 0 saturated heterocycles. The van der Waals surface area contributed by atoms with Crippen LogP contribution >= 0.6 is 0 Å². The van der Waals surface area contributed by atoms with Crippen molar-refractivity contribution in [3.8, 4) is 17.2 Å². The van der Waals surface area contributed by atoms with Gasteiger partial charge in [0.1, 0.15) is 0 Å². The summed E-state index contributed by atoms with van der Waals surface area (Å²) in [4.78, 5) is 0.617. The van der Waals surface area contributed by atoms with E-state index in [9.17, 15) is 8.42 Å². The van der Waals surface area contributed by atoms with Gasteiger partial charge in [0.05, 0.1) is 21.4 Å². The SMILES string of the molecule is N#Cc1ccc(-c2cccc(S(=O)(=O)c3ccc4c(c3)CCNCC4)c2)cc1. The summed E-state index contributed by atoms with van der Waals surface area (Å²) >= 11 is 0. The van der Waals surface area contributed by atoms with E-state index in [4.69, 9.17) is 5.26 Å². The smallest absolute Gasteiger partial charge is 0.206 e. The fraction of sp³-hybridized carbons (Fsp3) is 0.174. The second-order valence-corrected chi connectivity index (χ2v) is 8.85. The van der Waals surface area contributed by atoms with Crippen LogP contribution in [0.2, 0.25) is 0 Å². The average Bonchev–Trinajstić information content (AvgIpc) is 2.99. The van der Waals surface area contributed by atoms with E-state index in [1.54, 1.807) is 36.4 Å². The van der Waals surface area contributed by atoms with E-state index in [1.807, 2.05) is 30.3 Å². The van der Waals surface area contributed by atoms with E-state index in [0.717, 1.165) is 42.6 Å². The maximum atomic E-state index is 13.2. The van der Waals surface area contributed by atoms with Gasteiger partial charge in [-0.2, -0.15) is 5.26 Å². The molecule has 1 aliphatic rings. The highest BCUT2D eigenvalue weighted by molar-refractivity contribution is 7.91. The molecule has 0 unspecified atom stereocenters. The summed E-state index contributed by atoms with van der Waals surface area (Å²) in [5.74, 6) is 0. The zero-order chi connectivity index (χ0) is 19.6. The predicted octanol–water partition coefficient (Wildman–Crippen LogP) is 3.75. The molecule has 3 aromatic carbocycles. The largest absolute Gasteiger partial charge is 0.316 e. The lowest BCUT2D eigenvalue weighted by Crippen LogP contribution is -2.16. The number of fused-ring (bicyclic) bond motifs is 1. The number of nitrogens with one attached hydrogen (secondary N) is 1. The maximum absolute atomic E-state index is 13.2. The number of nitrogens with zero attached hydrogens (tertiary/aromatic N) is 1. The molecular formula is C23H20N2O2S. The topological polar surface area (TPSA) is 70.0 Å². The highest BCUT2D eigenvalue weighted by atomic mass is 32.2. The fourth-order valence-electron chi connectivity index (χ4n) is 3.53. The van der Waals surface area contributed by atoms with Crippen molar-refractivity contribution in [3.63, 3.8) is 0 Å². The number of nitriles is 1. The minimum absolute atomic E-state index is 0.279. The van der Waals surface area contributed by atoms with Crippen LogP contribution in [0.1, 0.15) is 16.7 Å². The van der Waals surface area contributed by atoms with Crippen molar-refractivity contribution in [2.45, 2.75) is 22.6 Å². The van der Waals surface area contributed by atoms with Crippen LogP contribution in [-0.2, 0) is 22.7 Å². The highest BCUT2D eigenvalue weighted by Crippen LogP contribution is 2.28. The minimum Gasteiger partial charge on any atom is -0.316 e. The predicted molar refractivity (Wildman–Crippen MR) is 109 cm³/mol. The molecule has 1 N–H and O–H groups in total. The molecule has 28 heavy (non-hydrogen) atoms. The molecule has 1 heterocycles. The lowest BCUT2D eigenvalue weighted by atomic mass is 10.0. The Labute approximate surface area is 165 Å². The highest BCUT2D eigenvalue weighted by Gasteiger charge is 2.20. The molecular weight excluding hydrogens is 368 g/mol. The first kappa shape index (κ1) is 18.4. The zero-order valence-electron chi connectivity index (χ0n) is 15.4. The summed E-state index contributed by atoms with van der Waals surface area (Å²) in [6, 6.07) is 21.7. The van der Waals surface area contributed by atoms with Crippen LogP contribution in [0.5, 0.6) is 0 Å². The number of benzene rings is 3. The van der Waals surface area contributed by atoms with Crippen molar-refractivity contribution in [2.24, 2.45) is 0 Å². The third kappa shape index (κ3) is 3.57. The maximum Gasteiger partial charge on any atom is 0.206 e. The Morgan fingerprint density at radius 2 is 1.50 bits per heavy atom. The molecule has 0 fully saturated rings. The molecule has 0 atom stereocenters. The molecule has 3 aromatic rings. The van der Waals surface area contributed by atoms with E-state index >= 15 is 0 Å². The molecule has 0 bridgehead atoms. The first-order valence-electron chi connectivity index (χ1n) is 9.26. The first-order chi connectivity index (χ1) is 13.6. The van der Waals surface area contributed by atoms with Gasteiger partial charge in [-0.3, -0.25) is 0 Å². The van der Waals surface area contributed by atoms with Crippen molar-refractivity contribution >= 4 is 9.84 Å². The van der Waals surface area contributed by atoms with Gasteiger partial charge in [0, 0.05) is 0 Å². The Hall–Kier alpha value is -2.94. The van der Waals surface area contributed by atoms with Gasteiger partial charge >= 0.3 is 0 Å². The van der Waals surface area contributed by atoms with Crippen LogP contribution in [0, 0.1) is 11.3 Å². The molecule has 5 heteroatoms. The average molecular weight is 388 g/mol. The Balaban J connectivity index is 1.72. The van der Waals surface area contributed by atoms with Crippen LogP contribution in [0.3, 0.4) is 0 Å². The molecule has 4 nitrogen and oxygen atoms in total. The van der Waals surface area contributed by atoms with Gasteiger partial charge in [-0.15, -0.1) is 0 Å². The summed E-state index contributed by atoms with van der Waals surface area (Å²) in [7, 11) is -3.60. The van der Waals surface area contributed by atoms with Gasteiger partial charge in [0.15, 0.2) is 0 Å². The molecule has 0 spiro atoms. The summed E-state index contributed by atoms with van der Waals surface area (Å²) < 4.78 is 26.5. The monoisotopic (exact) mass is 388 g/mol. The number of hydrogen-bond acceptors (Lipinski definition) is 4. The summed E-state index contributed by atoms with van der Waals surface area (Å²) in [6.45, 7) is 1.79. The molecule has 0 amide bonds. The van der Waals surface area contributed by atoms with Gasteiger partial charge < -0.3 is 5.32 Å². The zero-order valence-corrected chi connectivity index (χ0v) is 16.2. The van der Waals surface area contributed by atoms with Gasteiger partial charge in [-0.1, -0.05) is 30.3 Å². The van der Waals surface area contributed by atoms with Gasteiger partial charge in [0.2, 0.25) is 9.84 Å². The quantitative estimate of drug-likeness (QED) is 0.742. The van der Waals surface area contributed by atoms with Gasteiger partial charge in [0.25, 0.3) is 0 Å². The van der Waals surface area contributed by atoms with E-state index in [0.29, 0.717) is 10.5 Å². The summed E-state index contributed by atoms with van der Waals surface area (Å²) in [5.41, 5.74) is 4.59. The second-order valence-electron chi connectivity index (χ2n) is 6.90. The van der Waals surface area contributed by atoms with Crippen molar-refractivity contribution < 1.29 is 8.42 Å². The van der Waals surface area contributed by atoms with Crippen molar-refractivity contribution in [1.82, 2.24) is 5.32 Å². The van der Waals surface area contributed by atoms with Crippen LogP contribution in [-0.4, -0.2) is 21.5 Å². The molecule has 0 radical (unpaired) electrons. The van der Waals surface area contributed by atoms with Crippen molar-refractivity contribution in [2.75, 3.05) is 13.1 Å². The summed E-state index contributed by atoms with van der Waals surface area (Å²) in [5, 5.41) is 12.3. The Morgan fingerprint density at radius 1 is 0.786 bits per heavy atom. The number of sulfone groups is 1. The Bertz CT molecular complexity index is 1160. The molecule has 4 rings (SSSR count).